The number of anilines is 1. The third-order valence-corrected chi connectivity index (χ3v) is 3.72. The van der Waals surface area contributed by atoms with Gasteiger partial charge in [-0.15, -0.1) is 0 Å². The summed E-state index contributed by atoms with van der Waals surface area (Å²) in [5, 5.41) is 2.81. The van der Waals surface area contributed by atoms with Crippen LogP contribution in [-0.4, -0.2) is 17.4 Å². The molecule has 1 N–H and O–H groups in total. The molecule has 0 saturated heterocycles. The number of nitrogens with one attached hydrogen (secondary N) is 1. The number of thiol groups is 1. The van der Waals surface area contributed by atoms with Crippen molar-refractivity contribution in [1.82, 2.24) is 0 Å². The lowest BCUT2D eigenvalue weighted by Gasteiger charge is -2.19. The Labute approximate surface area is 99.6 Å². The van der Waals surface area contributed by atoms with Crippen molar-refractivity contribution >= 4 is 30.0 Å². The van der Waals surface area contributed by atoms with Crippen LogP contribution in [0.25, 0.3) is 0 Å². The number of hydrogen-bond acceptors (Lipinski definition) is 3. The maximum atomic E-state index is 11.8. The monoisotopic (exact) mass is 235 g/mol. The predicted molar refractivity (Wildman–Crippen MR) is 66.3 cm³/mol. The fraction of sp³-hybridized carbons (Fsp3) is 0.333. The quantitative estimate of drug-likeness (QED) is 0.608. The first-order valence-electron chi connectivity index (χ1n) is 5.07. The highest BCUT2D eigenvalue weighted by Gasteiger charge is 2.41. The van der Waals surface area contributed by atoms with Gasteiger partial charge in [0.15, 0.2) is 5.78 Å². The molecule has 0 saturated carbocycles. The van der Waals surface area contributed by atoms with E-state index in [-0.39, 0.29) is 11.7 Å². The number of ketones is 1. The second-order valence-electron chi connectivity index (χ2n) is 4.26. The summed E-state index contributed by atoms with van der Waals surface area (Å²) in [6.07, 6.45) is 0. The maximum Gasteiger partial charge on any atom is 0.235 e. The van der Waals surface area contributed by atoms with E-state index in [1.54, 1.807) is 18.2 Å². The predicted octanol–water partition coefficient (Wildman–Crippen LogP) is 2.03. The molecule has 1 unspecified atom stereocenters. The van der Waals surface area contributed by atoms with Gasteiger partial charge in [-0.2, -0.15) is 12.6 Å². The van der Waals surface area contributed by atoms with E-state index in [2.05, 4.69) is 17.9 Å². The molecule has 4 heteroatoms. The highest BCUT2D eigenvalue weighted by molar-refractivity contribution is 7.80. The van der Waals surface area contributed by atoms with Crippen LogP contribution in [0.3, 0.4) is 0 Å². The van der Waals surface area contributed by atoms with E-state index in [1.165, 1.54) is 6.92 Å². The zero-order valence-electron chi connectivity index (χ0n) is 9.20. The van der Waals surface area contributed by atoms with Gasteiger partial charge in [0, 0.05) is 17.0 Å². The van der Waals surface area contributed by atoms with Gasteiger partial charge in [0.1, 0.15) is 0 Å². The van der Waals surface area contributed by atoms with E-state index in [1.807, 2.05) is 6.92 Å². The van der Waals surface area contributed by atoms with Gasteiger partial charge >= 0.3 is 0 Å². The molecular weight excluding hydrogens is 222 g/mol. The Balaban J connectivity index is 2.59. The largest absolute Gasteiger partial charge is 0.325 e. The van der Waals surface area contributed by atoms with Crippen LogP contribution in [0, 0.1) is 0 Å². The number of hydrogen-bond donors (Lipinski definition) is 2. The molecule has 0 bridgehead atoms. The summed E-state index contributed by atoms with van der Waals surface area (Å²) < 4.78 is 0. The van der Waals surface area contributed by atoms with Gasteiger partial charge in [-0.05, 0) is 37.6 Å². The van der Waals surface area contributed by atoms with Crippen molar-refractivity contribution < 1.29 is 9.59 Å². The molecule has 1 aromatic rings. The van der Waals surface area contributed by atoms with Gasteiger partial charge in [0.2, 0.25) is 5.91 Å². The summed E-state index contributed by atoms with van der Waals surface area (Å²) in [4.78, 5) is 23.1. The van der Waals surface area contributed by atoms with Gasteiger partial charge in [-0.1, -0.05) is 0 Å². The van der Waals surface area contributed by atoms with Crippen molar-refractivity contribution in [3.63, 3.8) is 0 Å². The maximum absolute atomic E-state index is 11.8. The summed E-state index contributed by atoms with van der Waals surface area (Å²) in [7, 11) is 0. The average Bonchev–Trinajstić information content (AvgIpc) is 2.51. The molecule has 1 heterocycles. The van der Waals surface area contributed by atoms with Crippen molar-refractivity contribution in [2.75, 3.05) is 11.1 Å². The van der Waals surface area contributed by atoms with Gasteiger partial charge in [-0.25, -0.2) is 0 Å². The van der Waals surface area contributed by atoms with Gasteiger partial charge in [0.05, 0.1) is 5.41 Å². The highest BCUT2D eigenvalue weighted by atomic mass is 32.1. The third-order valence-electron chi connectivity index (χ3n) is 3.09. The first kappa shape index (κ1) is 11.2. The van der Waals surface area contributed by atoms with Gasteiger partial charge in [0.25, 0.3) is 0 Å². The lowest BCUT2D eigenvalue weighted by molar-refractivity contribution is -0.119. The lowest BCUT2D eigenvalue weighted by Crippen LogP contribution is -2.32. The Hall–Kier alpha value is -1.29. The average molecular weight is 235 g/mol. The van der Waals surface area contributed by atoms with Gasteiger partial charge in [-0.3, -0.25) is 9.59 Å². The molecule has 0 aromatic heterocycles. The van der Waals surface area contributed by atoms with Crippen LogP contribution in [0.2, 0.25) is 0 Å². The molecule has 84 valence electrons. The van der Waals surface area contributed by atoms with Crippen molar-refractivity contribution in [2.24, 2.45) is 0 Å². The molecule has 1 atom stereocenters. The number of fused-ring (bicyclic) bond motifs is 1. The summed E-state index contributed by atoms with van der Waals surface area (Å²) in [6, 6.07) is 5.29. The molecule has 1 aliphatic heterocycles. The minimum Gasteiger partial charge on any atom is -0.325 e. The van der Waals surface area contributed by atoms with Crippen molar-refractivity contribution in [1.29, 1.82) is 0 Å². The Morgan fingerprint density at radius 3 is 2.75 bits per heavy atom. The third kappa shape index (κ3) is 1.45. The highest BCUT2D eigenvalue weighted by Crippen LogP contribution is 2.38. The number of Topliss-reactive ketones (excluding diaryl/α,β-unsaturated/α-hetero) is 1. The lowest BCUT2D eigenvalue weighted by atomic mass is 9.85. The first-order chi connectivity index (χ1) is 7.49. The Kier molecular flexibility index (Phi) is 2.54. The second-order valence-corrected chi connectivity index (χ2v) is 4.58. The molecular formula is C12H13NO2S. The van der Waals surface area contributed by atoms with Crippen LogP contribution in [0.5, 0.6) is 0 Å². The van der Waals surface area contributed by atoms with Crippen LogP contribution < -0.4 is 5.32 Å². The van der Waals surface area contributed by atoms with Crippen LogP contribution in [-0.2, 0) is 10.2 Å². The molecule has 1 aliphatic rings. The smallest absolute Gasteiger partial charge is 0.235 e. The van der Waals surface area contributed by atoms with E-state index in [9.17, 15) is 9.59 Å². The van der Waals surface area contributed by atoms with Gasteiger partial charge < -0.3 is 5.32 Å². The molecule has 0 spiro atoms. The van der Waals surface area contributed by atoms with Crippen LogP contribution in [0.1, 0.15) is 29.8 Å². The van der Waals surface area contributed by atoms with E-state index in [0.717, 1.165) is 11.3 Å². The number of amides is 1. The summed E-state index contributed by atoms with van der Waals surface area (Å²) >= 11 is 4.23. The molecule has 1 amide bonds. The molecule has 1 aromatic carbocycles. The second kappa shape index (κ2) is 3.63. The Morgan fingerprint density at radius 2 is 2.19 bits per heavy atom. The van der Waals surface area contributed by atoms with E-state index < -0.39 is 5.41 Å². The summed E-state index contributed by atoms with van der Waals surface area (Å²) in [5.74, 6) is 0.370. The van der Waals surface area contributed by atoms with Crippen LogP contribution in [0.4, 0.5) is 5.69 Å². The van der Waals surface area contributed by atoms with Crippen molar-refractivity contribution in [3.8, 4) is 0 Å². The fourth-order valence-corrected chi connectivity index (χ4v) is 2.18. The van der Waals surface area contributed by atoms with Crippen molar-refractivity contribution in [3.05, 3.63) is 29.3 Å². The zero-order chi connectivity index (χ0) is 11.9. The van der Waals surface area contributed by atoms with E-state index in [4.69, 9.17) is 0 Å². The topological polar surface area (TPSA) is 46.2 Å². The molecule has 0 fully saturated rings. The zero-order valence-corrected chi connectivity index (χ0v) is 10.1. The standard InChI is InChI=1S/C12H13NO2S/c1-7(14)8-3-4-10-9(5-8)12(2,6-16)11(15)13-10/h3-5,16H,6H2,1-2H3,(H,13,15). The number of benzene rings is 1. The van der Waals surface area contributed by atoms with E-state index in [0.29, 0.717) is 11.3 Å². The van der Waals surface area contributed by atoms with Crippen LogP contribution >= 0.6 is 12.6 Å². The molecule has 0 radical (unpaired) electrons. The SMILES string of the molecule is CC(=O)c1ccc2c(c1)C(C)(CS)C(=O)N2. The fourth-order valence-electron chi connectivity index (χ4n) is 1.87. The normalized spacial score (nSPS) is 22.8. The van der Waals surface area contributed by atoms with Crippen LogP contribution in [0.15, 0.2) is 18.2 Å². The number of rotatable bonds is 2. The molecule has 16 heavy (non-hydrogen) atoms. The summed E-state index contributed by atoms with van der Waals surface area (Å²) in [6.45, 7) is 3.36. The molecule has 0 aliphatic carbocycles. The molecule has 3 nitrogen and oxygen atoms in total. The first-order valence-corrected chi connectivity index (χ1v) is 5.70. The van der Waals surface area contributed by atoms with Crippen molar-refractivity contribution in [2.45, 2.75) is 19.3 Å². The number of carbonyl (C=O) groups excluding carboxylic acids is 2. The summed E-state index contributed by atoms with van der Waals surface area (Å²) in [5.41, 5.74) is 1.64. The van der Waals surface area contributed by atoms with E-state index >= 15 is 0 Å². The number of carbonyl (C=O) groups is 2. The minimum atomic E-state index is -0.635. The minimum absolute atomic E-state index is 0.00339. The molecule has 2 rings (SSSR count). The Bertz CT molecular complexity index is 484. The Morgan fingerprint density at radius 1 is 1.50 bits per heavy atom.